The zero-order chi connectivity index (χ0) is 10.8. The van der Waals surface area contributed by atoms with Crippen LogP contribution in [0.4, 0.5) is 0 Å². The molecule has 0 spiro atoms. The number of oxazole rings is 1. The lowest BCUT2D eigenvalue weighted by Gasteiger charge is -1.93. The minimum Gasteiger partial charge on any atom is -0.440 e. The van der Waals surface area contributed by atoms with E-state index in [0.717, 1.165) is 11.2 Å². The van der Waals surface area contributed by atoms with Crippen LogP contribution in [0.25, 0.3) is 0 Å². The quantitative estimate of drug-likeness (QED) is 0.588. The summed E-state index contributed by atoms with van der Waals surface area (Å²) in [5, 5.41) is 0. The predicted molar refractivity (Wildman–Crippen MR) is 54.4 cm³/mol. The van der Waals surface area contributed by atoms with Gasteiger partial charge in [0.15, 0.2) is 18.4 Å². The number of hydrogen-bond donors (Lipinski definition) is 0. The third-order valence-electron chi connectivity index (χ3n) is 1.95. The number of nitrogens with zero attached hydrogens (tertiary/aromatic N) is 1. The van der Waals surface area contributed by atoms with Gasteiger partial charge in [0.1, 0.15) is 0 Å². The van der Waals surface area contributed by atoms with Gasteiger partial charge in [-0.3, -0.25) is 9.59 Å². The summed E-state index contributed by atoms with van der Waals surface area (Å²) in [4.78, 5) is 27.4. The van der Waals surface area contributed by atoms with Gasteiger partial charge in [0.25, 0.3) is 0 Å². The first-order valence-electron chi connectivity index (χ1n) is 4.21. The highest BCUT2D eigenvalue weighted by Crippen LogP contribution is 2.22. The Balaban J connectivity index is 2.41. The van der Waals surface area contributed by atoms with Crippen LogP contribution in [0, 0.1) is 6.92 Å². The van der Waals surface area contributed by atoms with E-state index in [1.54, 1.807) is 13.0 Å². The van der Waals surface area contributed by atoms with Crippen LogP contribution in [0.15, 0.2) is 23.1 Å². The minimum absolute atomic E-state index is 0.188. The monoisotopic (exact) mass is 221 g/mol. The molecule has 0 aliphatic heterocycles. The van der Waals surface area contributed by atoms with E-state index in [4.69, 9.17) is 4.42 Å². The number of rotatable bonds is 3. The maximum absolute atomic E-state index is 11.8. The molecule has 2 aromatic heterocycles. The first kappa shape index (κ1) is 9.79. The van der Waals surface area contributed by atoms with Crippen LogP contribution in [-0.4, -0.2) is 17.1 Å². The van der Waals surface area contributed by atoms with Crippen molar-refractivity contribution >= 4 is 23.4 Å². The molecule has 0 radical (unpaired) electrons. The summed E-state index contributed by atoms with van der Waals surface area (Å²) in [6.45, 7) is 1.79. The van der Waals surface area contributed by atoms with Gasteiger partial charge in [0, 0.05) is 10.4 Å². The van der Waals surface area contributed by atoms with Crippen LogP contribution in [-0.2, 0) is 0 Å². The largest absolute Gasteiger partial charge is 0.440 e. The van der Waals surface area contributed by atoms with Crippen molar-refractivity contribution in [2.75, 3.05) is 0 Å². The molecule has 0 bridgehead atoms. The molecule has 0 unspecified atom stereocenters. The zero-order valence-electron chi connectivity index (χ0n) is 7.89. The van der Waals surface area contributed by atoms with Crippen molar-refractivity contribution in [3.8, 4) is 0 Å². The van der Waals surface area contributed by atoms with Gasteiger partial charge >= 0.3 is 0 Å². The van der Waals surface area contributed by atoms with E-state index in [1.807, 2.05) is 0 Å². The minimum atomic E-state index is -0.241. The number of thiophene rings is 1. The highest BCUT2D eigenvalue weighted by molar-refractivity contribution is 7.14. The summed E-state index contributed by atoms with van der Waals surface area (Å²) < 4.78 is 4.90. The van der Waals surface area contributed by atoms with Crippen LogP contribution in [0.3, 0.4) is 0 Å². The number of ketones is 1. The van der Waals surface area contributed by atoms with Crippen molar-refractivity contribution in [3.63, 3.8) is 0 Å². The molecule has 15 heavy (non-hydrogen) atoms. The van der Waals surface area contributed by atoms with E-state index in [-0.39, 0.29) is 11.5 Å². The molecule has 0 saturated heterocycles. The molecular formula is C10H7NO3S. The maximum atomic E-state index is 11.8. The Morgan fingerprint density at radius 3 is 2.93 bits per heavy atom. The highest BCUT2D eigenvalue weighted by Gasteiger charge is 2.17. The standard InChI is InChI=1S/C10H7NO3S/c1-6-8(2-7(4-12)15-6)10(13)9-3-11-5-14-9/h2-5H,1H3. The fraction of sp³-hybridized carbons (Fsp3) is 0.100. The fourth-order valence-electron chi connectivity index (χ4n) is 1.25. The normalized spacial score (nSPS) is 10.2. The van der Waals surface area contributed by atoms with Crippen LogP contribution in [0.1, 0.15) is 30.7 Å². The summed E-state index contributed by atoms with van der Waals surface area (Å²) in [5.74, 6) is -0.0531. The third kappa shape index (κ3) is 1.73. The Labute approximate surface area is 89.6 Å². The molecular weight excluding hydrogens is 214 g/mol. The fourth-order valence-corrected chi connectivity index (χ4v) is 2.09. The van der Waals surface area contributed by atoms with Gasteiger partial charge in [-0.1, -0.05) is 0 Å². The summed E-state index contributed by atoms with van der Waals surface area (Å²) in [5.41, 5.74) is 0.499. The Bertz CT molecular complexity index is 499. The lowest BCUT2D eigenvalue weighted by atomic mass is 10.1. The van der Waals surface area contributed by atoms with Gasteiger partial charge in [-0.2, -0.15) is 0 Å². The molecule has 2 aromatic rings. The van der Waals surface area contributed by atoms with E-state index < -0.39 is 0 Å². The second-order valence-electron chi connectivity index (χ2n) is 2.93. The van der Waals surface area contributed by atoms with Gasteiger partial charge in [-0.05, 0) is 13.0 Å². The lowest BCUT2D eigenvalue weighted by Crippen LogP contribution is -1.99. The van der Waals surface area contributed by atoms with Crippen molar-refractivity contribution in [1.29, 1.82) is 0 Å². The molecule has 0 atom stereocenters. The molecule has 2 heterocycles. The zero-order valence-corrected chi connectivity index (χ0v) is 8.71. The Morgan fingerprint density at radius 1 is 1.60 bits per heavy atom. The number of carbonyl (C=O) groups is 2. The topological polar surface area (TPSA) is 60.2 Å². The predicted octanol–water partition coefficient (Wildman–Crippen LogP) is 2.09. The molecule has 0 aliphatic rings. The summed E-state index contributed by atoms with van der Waals surface area (Å²) >= 11 is 1.29. The smallest absolute Gasteiger partial charge is 0.231 e. The van der Waals surface area contributed by atoms with Gasteiger partial charge in [-0.25, -0.2) is 4.98 Å². The third-order valence-corrected chi connectivity index (χ3v) is 2.93. The first-order valence-corrected chi connectivity index (χ1v) is 5.03. The van der Waals surface area contributed by atoms with Crippen molar-refractivity contribution in [1.82, 2.24) is 4.98 Å². The summed E-state index contributed by atoms with van der Waals surface area (Å²) in [7, 11) is 0. The molecule has 0 saturated carbocycles. The molecule has 5 heteroatoms. The lowest BCUT2D eigenvalue weighted by molar-refractivity contribution is 0.101. The number of aromatic nitrogens is 1. The highest BCUT2D eigenvalue weighted by atomic mass is 32.1. The van der Waals surface area contributed by atoms with Crippen molar-refractivity contribution in [2.24, 2.45) is 0 Å². The molecule has 0 aliphatic carbocycles. The van der Waals surface area contributed by atoms with Crippen molar-refractivity contribution in [3.05, 3.63) is 39.7 Å². The van der Waals surface area contributed by atoms with E-state index in [2.05, 4.69) is 4.98 Å². The molecule has 0 aromatic carbocycles. The molecule has 0 N–H and O–H groups in total. The van der Waals surface area contributed by atoms with E-state index in [9.17, 15) is 9.59 Å². The Morgan fingerprint density at radius 2 is 2.40 bits per heavy atom. The van der Waals surface area contributed by atoms with E-state index in [1.165, 1.54) is 23.9 Å². The number of aldehydes is 1. The maximum Gasteiger partial charge on any atom is 0.231 e. The van der Waals surface area contributed by atoms with Gasteiger partial charge < -0.3 is 4.42 Å². The van der Waals surface area contributed by atoms with Crippen LogP contribution < -0.4 is 0 Å². The van der Waals surface area contributed by atoms with Crippen molar-refractivity contribution < 1.29 is 14.0 Å². The average Bonchev–Trinajstić information content (AvgIpc) is 2.85. The number of aryl methyl sites for hydroxylation is 1. The van der Waals surface area contributed by atoms with Crippen LogP contribution in [0.2, 0.25) is 0 Å². The van der Waals surface area contributed by atoms with Crippen molar-refractivity contribution in [2.45, 2.75) is 6.92 Å². The molecule has 76 valence electrons. The summed E-state index contributed by atoms with van der Waals surface area (Å²) in [6, 6.07) is 1.57. The Kier molecular flexibility index (Phi) is 2.47. The SMILES string of the molecule is Cc1sc(C=O)cc1C(=O)c1cnco1. The van der Waals surface area contributed by atoms with Gasteiger partial charge in [0.2, 0.25) is 5.78 Å². The second kappa shape index (κ2) is 3.78. The van der Waals surface area contributed by atoms with E-state index in [0.29, 0.717) is 10.4 Å². The number of hydrogen-bond acceptors (Lipinski definition) is 5. The molecule has 2 rings (SSSR count). The average molecular weight is 221 g/mol. The van der Waals surface area contributed by atoms with E-state index >= 15 is 0 Å². The van der Waals surface area contributed by atoms with Crippen LogP contribution in [0.5, 0.6) is 0 Å². The summed E-state index contributed by atoms with van der Waals surface area (Å²) in [6.07, 6.45) is 3.30. The van der Waals surface area contributed by atoms with Gasteiger partial charge in [-0.15, -0.1) is 11.3 Å². The Hall–Kier alpha value is -1.75. The molecule has 0 amide bonds. The van der Waals surface area contributed by atoms with Gasteiger partial charge in [0.05, 0.1) is 11.1 Å². The number of carbonyl (C=O) groups excluding carboxylic acids is 2. The molecule has 0 fully saturated rings. The molecule has 4 nitrogen and oxygen atoms in total. The second-order valence-corrected chi connectivity index (χ2v) is 4.22. The van der Waals surface area contributed by atoms with Crippen LogP contribution >= 0.6 is 11.3 Å². The first-order chi connectivity index (χ1) is 7.22.